The second kappa shape index (κ2) is 5.88. The van der Waals surface area contributed by atoms with Gasteiger partial charge < -0.3 is 16.3 Å². The maximum absolute atomic E-state index is 13.6. The molecular weight excluding hydrogens is 273 g/mol. The molecule has 0 aliphatic heterocycles. The van der Waals surface area contributed by atoms with Crippen LogP contribution in [0.1, 0.15) is 20.3 Å². The van der Waals surface area contributed by atoms with Gasteiger partial charge in [-0.2, -0.15) is 0 Å². The van der Waals surface area contributed by atoms with Gasteiger partial charge in [-0.25, -0.2) is 4.39 Å². The molecule has 19 heavy (non-hydrogen) atoms. The van der Waals surface area contributed by atoms with Crippen LogP contribution in [0.3, 0.4) is 0 Å². The second-order valence-corrected chi connectivity index (χ2v) is 4.69. The first-order chi connectivity index (χ1) is 8.85. The number of nitrogens with one attached hydrogen (secondary N) is 1. The van der Waals surface area contributed by atoms with Gasteiger partial charge in [0.15, 0.2) is 5.84 Å². The summed E-state index contributed by atoms with van der Waals surface area (Å²) in [6.07, 6.45) is 0.296. The molecule has 4 N–H and O–H groups in total. The molecule has 0 bridgehead atoms. The summed E-state index contributed by atoms with van der Waals surface area (Å²) in [7, 11) is 0. The minimum absolute atomic E-state index is 0.0141. The molecular formula is C12H15ClFN3O2. The first-order valence-electron chi connectivity index (χ1n) is 5.59. The molecule has 0 radical (unpaired) electrons. The molecule has 1 aromatic carbocycles. The Morgan fingerprint density at radius 3 is 2.74 bits per heavy atom. The first kappa shape index (κ1) is 15.2. The predicted octanol–water partition coefficient (Wildman–Crippen LogP) is 2.58. The number of amidine groups is 1. The van der Waals surface area contributed by atoms with Gasteiger partial charge in [0.2, 0.25) is 5.91 Å². The van der Waals surface area contributed by atoms with Gasteiger partial charge in [-0.15, -0.1) is 0 Å². The summed E-state index contributed by atoms with van der Waals surface area (Å²) in [6, 6.07) is 3.88. The number of carbonyl (C=O) groups is 1. The minimum atomic E-state index is -1.22. The van der Waals surface area contributed by atoms with E-state index in [0.29, 0.717) is 6.42 Å². The van der Waals surface area contributed by atoms with Gasteiger partial charge in [0.25, 0.3) is 0 Å². The summed E-state index contributed by atoms with van der Waals surface area (Å²) >= 11 is 5.62. The summed E-state index contributed by atoms with van der Waals surface area (Å²) in [6.45, 7) is 3.21. The summed E-state index contributed by atoms with van der Waals surface area (Å²) in [4.78, 5) is 12.1. The summed E-state index contributed by atoms with van der Waals surface area (Å²) in [5, 5.41) is 14.2. The van der Waals surface area contributed by atoms with Crippen LogP contribution in [0.25, 0.3) is 0 Å². The van der Waals surface area contributed by atoms with E-state index < -0.39 is 17.1 Å². The Balaban J connectivity index is 3.01. The van der Waals surface area contributed by atoms with Crippen molar-refractivity contribution in [3.05, 3.63) is 29.0 Å². The van der Waals surface area contributed by atoms with Crippen LogP contribution in [0, 0.1) is 11.2 Å². The Morgan fingerprint density at radius 2 is 2.26 bits per heavy atom. The van der Waals surface area contributed by atoms with Crippen LogP contribution in [0.5, 0.6) is 0 Å². The van der Waals surface area contributed by atoms with Crippen LogP contribution >= 0.6 is 11.6 Å². The molecule has 0 saturated heterocycles. The molecule has 1 rings (SSSR count). The van der Waals surface area contributed by atoms with Gasteiger partial charge >= 0.3 is 0 Å². The number of halogens is 2. The number of hydrogen-bond donors (Lipinski definition) is 3. The molecule has 0 aliphatic carbocycles. The Hall–Kier alpha value is -1.82. The van der Waals surface area contributed by atoms with E-state index >= 15 is 0 Å². The van der Waals surface area contributed by atoms with Crippen molar-refractivity contribution < 1.29 is 14.4 Å². The third kappa shape index (κ3) is 3.14. The van der Waals surface area contributed by atoms with E-state index in [9.17, 15) is 9.18 Å². The Bertz CT molecular complexity index is 522. The number of carbonyl (C=O) groups excluding carboxylic acids is 1. The molecule has 1 amide bonds. The SMILES string of the molecule is CCC(C)(C(=O)Nc1ccc(Cl)cc1F)/C(N)=N/O. The van der Waals surface area contributed by atoms with Crippen LogP contribution in [0.4, 0.5) is 10.1 Å². The van der Waals surface area contributed by atoms with Crippen LogP contribution in [0.15, 0.2) is 23.4 Å². The number of amides is 1. The number of benzene rings is 1. The first-order valence-corrected chi connectivity index (χ1v) is 5.97. The lowest BCUT2D eigenvalue weighted by Gasteiger charge is -2.25. The van der Waals surface area contributed by atoms with E-state index in [1.54, 1.807) is 6.92 Å². The highest BCUT2D eigenvalue weighted by Gasteiger charge is 2.36. The van der Waals surface area contributed by atoms with Crippen molar-refractivity contribution in [1.29, 1.82) is 0 Å². The smallest absolute Gasteiger partial charge is 0.238 e. The van der Waals surface area contributed by atoms with Crippen molar-refractivity contribution in [2.75, 3.05) is 5.32 Å². The number of nitrogens with zero attached hydrogens (tertiary/aromatic N) is 1. The Morgan fingerprint density at radius 1 is 1.63 bits per heavy atom. The van der Waals surface area contributed by atoms with Crippen molar-refractivity contribution in [3.63, 3.8) is 0 Å². The zero-order valence-electron chi connectivity index (χ0n) is 10.6. The van der Waals surface area contributed by atoms with E-state index in [0.717, 1.165) is 6.07 Å². The molecule has 0 aliphatic rings. The lowest BCUT2D eigenvalue weighted by Crippen LogP contribution is -2.44. The molecule has 5 nitrogen and oxygen atoms in total. The van der Waals surface area contributed by atoms with Gasteiger partial charge in [-0.3, -0.25) is 4.79 Å². The third-order valence-electron chi connectivity index (χ3n) is 3.06. The van der Waals surface area contributed by atoms with Gasteiger partial charge in [0, 0.05) is 5.02 Å². The monoisotopic (exact) mass is 287 g/mol. The maximum atomic E-state index is 13.6. The molecule has 7 heteroatoms. The fourth-order valence-corrected chi connectivity index (χ4v) is 1.58. The Kier molecular flexibility index (Phi) is 4.72. The molecule has 1 atom stereocenters. The van der Waals surface area contributed by atoms with E-state index in [4.69, 9.17) is 22.5 Å². The molecule has 0 heterocycles. The molecule has 0 saturated carbocycles. The average Bonchev–Trinajstić information content (AvgIpc) is 2.39. The summed E-state index contributed by atoms with van der Waals surface area (Å²) < 4.78 is 13.6. The average molecular weight is 288 g/mol. The summed E-state index contributed by atoms with van der Waals surface area (Å²) in [5.74, 6) is -1.45. The quantitative estimate of drug-likeness (QED) is 0.344. The number of anilines is 1. The fourth-order valence-electron chi connectivity index (χ4n) is 1.42. The second-order valence-electron chi connectivity index (χ2n) is 4.25. The summed E-state index contributed by atoms with van der Waals surface area (Å²) in [5.41, 5.74) is 4.27. The van der Waals surface area contributed by atoms with Crippen molar-refractivity contribution in [2.24, 2.45) is 16.3 Å². The van der Waals surface area contributed by atoms with Crippen LogP contribution in [0.2, 0.25) is 5.02 Å². The number of oxime groups is 1. The topological polar surface area (TPSA) is 87.7 Å². The normalized spacial score (nSPS) is 14.8. The minimum Gasteiger partial charge on any atom is -0.409 e. The predicted molar refractivity (Wildman–Crippen MR) is 71.8 cm³/mol. The molecule has 0 spiro atoms. The van der Waals surface area contributed by atoms with Crippen molar-refractivity contribution in [1.82, 2.24) is 0 Å². The zero-order valence-corrected chi connectivity index (χ0v) is 11.3. The van der Waals surface area contributed by atoms with Gasteiger partial charge in [-0.1, -0.05) is 23.7 Å². The van der Waals surface area contributed by atoms with Gasteiger partial charge in [-0.05, 0) is 31.5 Å². The van der Waals surface area contributed by atoms with Crippen molar-refractivity contribution in [3.8, 4) is 0 Å². The number of hydrogen-bond acceptors (Lipinski definition) is 3. The van der Waals surface area contributed by atoms with Gasteiger partial charge in [0.1, 0.15) is 11.2 Å². The number of nitrogens with two attached hydrogens (primary N) is 1. The van der Waals surface area contributed by atoms with E-state index in [2.05, 4.69) is 10.5 Å². The highest BCUT2D eigenvalue weighted by atomic mass is 35.5. The van der Waals surface area contributed by atoms with Crippen LogP contribution in [-0.2, 0) is 4.79 Å². The zero-order chi connectivity index (χ0) is 14.6. The lowest BCUT2D eigenvalue weighted by atomic mass is 9.85. The molecule has 1 aromatic rings. The Labute approximate surface area is 115 Å². The third-order valence-corrected chi connectivity index (χ3v) is 3.30. The van der Waals surface area contributed by atoms with E-state index in [1.165, 1.54) is 19.1 Å². The highest BCUT2D eigenvalue weighted by molar-refractivity contribution is 6.30. The van der Waals surface area contributed by atoms with Gasteiger partial charge in [0.05, 0.1) is 5.69 Å². The number of rotatable bonds is 4. The van der Waals surface area contributed by atoms with E-state index in [1.807, 2.05) is 0 Å². The largest absolute Gasteiger partial charge is 0.409 e. The molecule has 0 aromatic heterocycles. The van der Waals surface area contributed by atoms with E-state index in [-0.39, 0.29) is 16.5 Å². The highest BCUT2D eigenvalue weighted by Crippen LogP contribution is 2.26. The standard InChI is InChI=1S/C12H15ClFN3O2/c1-3-12(2,10(15)17-19)11(18)16-9-5-4-7(13)6-8(9)14/h4-6,19H,3H2,1-2H3,(H2,15,17)(H,16,18). The molecule has 0 fully saturated rings. The van der Waals surface area contributed by atoms with Crippen molar-refractivity contribution in [2.45, 2.75) is 20.3 Å². The molecule has 104 valence electrons. The van der Waals surface area contributed by atoms with Crippen molar-refractivity contribution >= 4 is 29.0 Å². The molecule has 1 unspecified atom stereocenters. The lowest BCUT2D eigenvalue weighted by molar-refractivity contribution is -0.121. The van der Waals surface area contributed by atoms with Crippen LogP contribution in [-0.4, -0.2) is 17.0 Å². The van der Waals surface area contributed by atoms with Crippen LogP contribution < -0.4 is 11.1 Å². The fraction of sp³-hybridized carbons (Fsp3) is 0.333. The maximum Gasteiger partial charge on any atom is 0.238 e.